The minimum Gasteiger partial charge on any atom is -0.383 e. The van der Waals surface area contributed by atoms with Gasteiger partial charge >= 0.3 is 0 Å². The third-order valence-electron chi connectivity index (χ3n) is 3.06. The van der Waals surface area contributed by atoms with Gasteiger partial charge < -0.3 is 20.7 Å². The number of methoxy groups -OCH3 is 1. The molecule has 0 radical (unpaired) electrons. The molecular weight excluding hydrogens is 294 g/mol. The summed E-state index contributed by atoms with van der Waals surface area (Å²) < 4.78 is 4.89. The van der Waals surface area contributed by atoms with Gasteiger partial charge in [0.2, 0.25) is 11.8 Å². The van der Waals surface area contributed by atoms with E-state index in [9.17, 15) is 9.59 Å². The molecule has 0 fully saturated rings. The number of anilines is 1. The van der Waals surface area contributed by atoms with Crippen molar-refractivity contribution in [3.8, 4) is 0 Å². The molecule has 0 bridgehead atoms. The summed E-state index contributed by atoms with van der Waals surface area (Å²) in [5.41, 5.74) is 1.69. The molecule has 128 valence electrons. The lowest BCUT2D eigenvalue weighted by Crippen LogP contribution is -2.34. The number of amides is 2. The van der Waals surface area contributed by atoms with E-state index in [1.54, 1.807) is 7.11 Å². The predicted octanol–water partition coefficient (Wildman–Crippen LogP) is 1.52. The van der Waals surface area contributed by atoms with Crippen LogP contribution in [0.25, 0.3) is 0 Å². The van der Waals surface area contributed by atoms with Crippen LogP contribution in [-0.2, 0) is 20.9 Å². The molecule has 0 heterocycles. The van der Waals surface area contributed by atoms with Crippen LogP contribution < -0.4 is 16.0 Å². The average molecular weight is 321 g/mol. The van der Waals surface area contributed by atoms with E-state index >= 15 is 0 Å². The Bertz CT molecular complexity index is 504. The molecule has 0 aromatic heterocycles. The van der Waals surface area contributed by atoms with E-state index in [1.807, 2.05) is 38.1 Å². The number of carbonyl (C=O) groups excluding carboxylic acids is 2. The van der Waals surface area contributed by atoms with Gasteiger partial charge in [-0.05, 0) is 23.6 Å². The van der Waals surface area contributed by atoms with Crippen LogP contribution in [0.15, 0.2) is 24.3 Å². The van der Waals surface area contributed by atoms with Gasteiger partial charge in [0.1, 0.15) is 0 Å². The molecule has 3 N–H and O–H groups in total. The minimum absolute atomic E-state index is 0.00327. The van der Waals surface area contributed by atoms with Crippen LogP contribution in [0.1, 0.15) is 25.8 Å². The molecule has 1 aromatic rings. The largest absolute Gasteiger partial charge is 0.383 e. The number of rotatable bonds is 10. The topological polar surface area (TPSA) is 79.5 Å². The molecule has 1 aromatic carbocycles. The molecule has 6 heteroatoms. The zero-order valence-corrected chi connectivity index (χ0v) is 14.1. The highest BCUT2D eigenvalue weighted by Gasteiger charge is 2.06. The Balaban J connectivity index is 2.38. The number of carbonyl (C=O) groups is 2. The number of nitrogens with one attached hydrogen (secondary N) is 3. The molecule has 0 aliphatic heterocycles. The fourth-order valence-corrected chi connectivity index (χ4v) is 1.98. The third-order valence-corrected chi connectivity index (χ3v) is 3.06. The van der Waals surface area contributed by atoms with Gasteiger partial charge in [-0.25, -0.2) is 0 Å². The highest BCUT2D eigenvalue weighted by Crippen LogP contribution is 2.12. The zero-order valence-electron chi connectivity index (χ0n) is 14.1. The summed E-state index contributed by atoms with van der Waals surface area (Å²) in [7, 11) is 1.62. The van der Waals surface area contributed by atoms with E-state index in [0.717, 1.165) is 11.3 Å². The molecule has 0 atom stereocenters. The van der Waals surface area contributed by atoms with E-state index in [1.165, 1.54) is 0 Å². The second-order valence-electron chi connectivity index (χ2n) is 5.79. The molecule has 0 unspecified atom stereocenters. The quantitative estimate of drug-likeness (QED) is 0.571. The Kier molecular flexibility index (Phi) is 8.94. The van der Waals surface area contributed by atoms with Crippen LogP contribution in [0.3, 0.4) is 0 Å². The van der Waals surface area contributed by atoms with Gasteiger partial charge in [0.25, 0.3) is 0 Å². The fourth-order valence-electron chi connectivity index (χ4n) is 1.98. The standard InChI is InChI=1S/C17H27N3O3/c1-13(2)9-16(21)20-15-6-4-5-14(10-15)11-19-17(22)12-18-7-8-23-3/h4-6,10,13,18H,7-9,11-12H2,1-3H3,(H,19,22)(H,20,21). The predicted molar refractivity (Wildman–Crippen MR) is 91.1 cm³/mol. The molecule has 1 rings (SSSR count). The third kappa shape index (κ3) is 8.95. The molecule has 0 spiro atoms. The van der Waals surface area contributed by atoms with E-state index in [0.29, 0.717) is 32.0 Å². The Hall–Kier alpha value is -1.92. The Morgan fingerprint density at radius 2 is 2.00 bits per heavy atom. The van der Waals surface area contributed by atoms with Gasteiger partial charge in [-0.2, -0.15) is 0 Å². The molecule has 0 saturated carbocycles. The second kappa shape index (κ2) is 10.7. The van der Waals surface area contributed by atoms with Crippen molar-refractivity contribution < 1.29 is 14.3 Å². The number of benzene rings is 1. The average Bonchev–Trinajstić information content (AvgIpc) is 2.49. The molecule has 0 saturated heterocycles. The van der Waals surface area contributed by atoms with Crippen molar-refractivity contribution in [2.75, 3.05) is 32.1 Å². The van der Waals surface area contributed by atoms with Crippen molar-refractivity contribution >= 4 is 17.5 Å². The Morgan fingerprint density at radius 1 is 1.22 bits per heavy atom. The van der Waals surface area contributed by atoms with Crippen molar-refractivity contribution in [3.63, 3.8) is 0 Å². The SMILES string of the molecule is COCCNCC(=O)NCc1cccc(NC(=O)CC(C)C)c1. The van der Waals surface area contributed by atoms with Gasteiger partial charge in [0.15, 0.2) is 0 Å². The van der Waals surface area contributed by atoms with Crippen LogP contribution in [0.5, 0.6) is 0 Å². The van der Waals surface area contributed by atoms with Crippen molar-refractivity contribution in [1.29, 1.82) is 0 Å². The minimum atomic E-state index is -0.0738. The number of ether oxygens (including phenoxy) is 1. The maximum absolute atomic E-state index is 11.8. The second-order valence-corrected chi connectivity index (χ2v) is 5.79. The lowest BCUT2D eigenvalue weighted by molar-refractivity contribution is -0.120. The Morgan fingerprint density at radius 3 is 2.70 bits per heavy atom. The maximum Gasteiger partial charge on any atom is 0.234 e. The van der Waals surface area contributed by atoms with Crippen LogP contribution in [0, 0.1) is 5.92 Å². The molecule has 0 aliphatic rings. The lowest BCUT2D eigenvalue weighted by Gasteiger charge is -2.10. The molecule has 6 nitrogen and oxygen atoms in total. The van der Waals surface area contributed by atoms with Gasteiger partial charge in [-0.3, -0.25) is 9.59 Å². The van der Waals surface area contributed by atoms with Crippen LogP contribution in [-0.4, -0.2) is 38.6 Å². The first-order valence-electron chi connectivity index (χ1n) is 7.86. The van der Waals surface area contributed by atoms with Gasteiger partial charge in [0.05, 0.1) is 13.2 Å². The van der Waals surface area contributed by atoms with Crippen LogP contribution in [0.4, 0.5) is 5.69 Å². The van der Waals surface area contributed by atoms with Gasteiger partial charge in [-0.15, -0.1) is 0 Å². The highest BCUT2D eigenvalue weighted by atomic mass is 16.5. The summed E-state index contributed by atoms with van der Waals surface area (Å²) in [5, 5.41) is 8.69. The summed E-state index contributed by atoms with van der Waals surface area (Å²) in [5.74, 6) is 0.252. The molecule has 2 amide bonds. The van der Waals surface area contributed by atoms with E-state index < -0.39 is 0 Å². The van der Waals surface area contributed by atoms with Gasteiger partial charge in [-0.1, -0.05) is 26.0 Å². The summed E-state index contributed by atoms with van der Waals surface area (Å²) in [6.07, 6.45) is 0.494. The summed E-state index contributed by atoms with van der Waals surface area (Å²) in [4.78, 5) is 23.5. The normalized spacial score (nSPS) is 10.6. The Labute approximate surface area is 138 Å². The van der Waals surface area contributed by atoms with Gasteiger partial charge in [0, 0.05) is 32.3 Å². The van der Waals surface area contributed by atoms with Crippen molar-refractivity contribution in [2.45, 2.75) is 26.8 Å². The lowest BCUT2D eigenvalue weighted by atomic mass is 10.1. The van der Waals surface area contributed by atoms with Crippen molar-refractivity contribution in [2.24, 2.45) is 5.92 Å². The summed E-state index contributed by atoms with van der Waals surface area (Å²) >= 11 is 0. The molecule has 23 heavy (non-hydrogen) atoms. The van der Waals surface area contributed by atoms with E-state index in [4.69, 9.17) is 4.74 Å². The first-order valence-corrected chi connectivity index (χ1v) is 7.86. The van der Waals surface area contributed by atoms with E-state index in [2.05, 4.69) is 16.0 Å². The van der Waals surface area contributed by atoms with Crippen LogP contribution >= 0.6 is 0 Å². The monoisotopic (exact) mass is 321 g/mol. The zero-order chi connectivity index (χ0) is 17.1. The maximum atomic E-state index is 11.8. The van der Waals surface area contributed by atoms with Crippen molar-refractivity contribution in [3.05, 3.63) is 29.8 Å². The summed E-state index contributed by atoms with van der Waals surface area (Å²) in [6, 6.07) is 7.49. The first-order chi connectivity index (χ1) is 11.0. The van der Waals surface area contributed by atoms with Crippen molar-refractivity contribution in [1.82, 2.24) is 10.6 Å². The molecular formula is C17H27N3O3. The highest BCUT2D eigenvalue weighted by molar-refractivity contribution is 5.90. The number of hydrogen-bond donors (Lipinski definition) is 3. The summed E-state index contributed by atoms with van der Waals surface area (Å²) in [6.45, 7) is 5.91. The number of hydrogen-bond acceptors (Lipinski definition) is 4. The first kappa shape index (κ1) is 19.1. The van der Waals surface area contributed by atoms with E-state index in [-0.39, 0.29) is 18.4 Å². The smallest absolute Gasteiger partial charge is 0.234 e. The molecule has 0 aliphatic carbocycles. The van der Waals surface area contributed by atoms with Crippen LogP contribution in [0.2, 0.25) is 0 Å². The fraction of sp³-hybridized carbons (Fsp3) is 0.529.